The molecule has 7 heteroatoms. The van der Waals surface area contributed by atoms with Crippen molar-refractivity contribution in [2.45, 2.75) is 38.9 Å². The van der Waals surface area contributed by atoms with Crippen LogP contribution < -0.4 is 11.2 Å². The number of aromatic nitrogens is 2. The van der Waals surface area contributed by atoms with Crippen LogP contribution in [0.5, 0.6) is 0 Å². The molecule has 0 aliphatic carbocycles. The summed E-state index contributed by atoms with van der Waals surface area (Å²) in [6.45, 7) is 1.68. The van der Waals surface area contributed by atoms with E-state index in [1.165, 1.54) is 6.20 Å². The van der Waals surface area contributed by atoms with Crippen LogP contribution in [-0.4, -0.2) is 15.7 Å². The number of hydrogen-bond acceptors (Lipinski definition) is 2. The van der Waals surface area contributed by atoms with Gasteiger partial charge in [0.25, 0.3) is 5.56 Å². The zero-order valence-corrected chi connectivity index (χ0v) is 9.30. The normalized spacial score (nSPS) is 11.8. The van der Waals surface area contributed by atoms with Crippen molar-refractivity contribution in [3.63, 3.8) is 0 Å². The number of nitrogens with one attached hydrogen (secondary N) is 1. The summed E-state index contributed by atoms with van der Waals surface area (Å²) in [5, 5.41) is 0. The minimum absolute atomic E-state index is 0.0534. The molecule has 0 spiro atoms. The van der Waals surface area contributed by atoms with Gasteiger partial charge >= 0.3 is 11.9 Å². The van der Waals surface area contributed by atoms with Gasteiger partial charge in [-0.2, -0.15) is 13.2 Å². The lowest BCUT2D eigenvalue weighted by Crippen LogP contribution is -2.31. The van der Waals surface area contributed by atoms with Gasteiger partial charge in [0, 0.05) is 24.7 Å². The largest absolute Gasteiger partial charge is 0.389 e. The van der Waals surface area contributed by atoms with E-state index in [9.17, 15) is 22.8 Å². The Hall–Kier alpha value is -1.53. The molecule has 1 aromatic heterocycles. The summed E-state index contributed by atoms with van der Waals surface area (Å²) < 4.78 is 36.9. The lowest BCUT2D eigenvalue weighted by Gasteiger charge is -2.08. The first-order valence-corrected chi connectivity index (χ1v) is 5.23. The molecule has 0 fully saturated rings. The van der Waals surface area contributed by atoms with E-state index in [1.54, 1.807) is 6.92 Å². The maximum atomic E-state index is 11.9. The minimum Gasteiger partial charge on any atom is -0.300 e. The van der Waals surface area contributed by atoms with Crippen molar-refractivity contribution < 1.29 is 13.2 Å². The van der Waals surface area contributed by atoms with Crippen LogP contribution in [0.1, 0.15) is 25.3 Å². The number of H-pyrrole nitrogens is 1. The fourth-order valence-electron chi connectivity index (χ4n) is 1.42. The highest BCUT2D eigenvalue weighted by atomic mass is 19.4. The Morgan fingerprint density at radius 1 is 1.35 bits per heavy atom. The highest BCUT2D eigenvalue weighted by molar-refractivity contribution is 5.03. The summed E-state index contributed by atoms with van der Waals surface area (Å²) in [7, 11) is 0. The molecule has 0 aliphatic rings. The van der Waals surface area contributed by atoms with Crippen molar-refractivity contribution in [3.05, 3.63) is 32.6 Å². The SMILES string of the molecule is CCc1cn(CCCC(F)(F)F)c(=O)[nH]c1=O. The Kier molecular flexibility index (Phi) is 4.14. The topological polar surface area (TPSA) is 54.9 Å². The van der Waals surface area contributed by atoms with E-state index in [2.05, 4.69) is 4.98 Å². The first kappa shape index (κ1) is 13.5. The van der Waals surface area contributed by atoms with Gasteiger partial charge in [-0.1, -0.05) is 6.92 Å². The number of aromatic amines is 1. The molecule has 1 heterocycles. The predicted octanol–water partition coefficient (Wildman–Crippen LogP) is 1.44. The standard InChI is InChI=1S/C10H13F3N2O2/c1-2-7-6-15(9(17)14-8(7)16)5-3-4-10(11,12)13/h6H,2-5H2,1H3,(H,14,16,17). The van der Waals surface area contributed by atoms with Gasteiger partial charge in [0.15, 0.2) is 0 Å². The lowest BCUT2D eigenvalue weighted by atomic mass is 10.2. The number of rotatable bonds is 4. The number of alkyl halides is 3. The molecule has 0 saturated heterocycles. The van der Waals surface area contributed by atoms with E-state index >= 15 is 0 Å². The van der Waals surface area contributed by atoms with Gasteiger partial charge < -0.3 is 4.57 Å². The summed E-state index contributed by atoms with van der Waals surface area (Å²) in [5.74, 6) is 0. The molecule has 1 N–H and O–H groups in total. The summed E-state index contributed by atoms with van der Waals surface area (Å²) in [4.78, 5) is 24.6. The third-order valence-corrected chi connectivity index (χ3v) is 2.32. The Morgan fingerprint density at radius 2 is 2.00 bits per heavy atom. The summed E-state index contributed by atoms with van der Waals surface area (Å²) in [6, 6.07) is 0. The van der Waals surface area contributed by atoms with Crippen LogP contribution in [0.25, 0.3) is 0 Å². The molecule has 0 aromatic carbocycles. The fourth-order valence-corrected chi connectivity index (χ4v) is 1.42. The Balaban J connectivity index is 2.78. The van der Waals surface area contributed by atoms with Gasteiger partial charge in [-0.3, -0.25) is 9.78 Å². The molecule has 4 nitrogen and oxygen atoms in total. The predicted molar refractivity (Wildman–Crippen MR) is 56.0 cm³/mol. The van der Waals surface area contributed by atoms with Crippen LogP contribution in [0.4, 0.5) is 13.2 Å². The van der Waals surface area contributed by atoms with E-state index in [1.807, 2.05) is 0 Å². The summed E-state index contributed by atoms with van der Waals surface area (Å²) >= 11 is 0. The quantitative estimate of drug-likeness (QED) is 0.879. The highest BCUT2D eigenvalue weighted by Gasteiger charge is 2.26. The molecule has 1 aromatic rings. The Morgan fingerprint density at radius 3 is 2.53 bits per heavy atom. The second-order valence-electron chi connectivity index (χ2n) is 3.68. The Bertz CT molecular complexity index is 488. The first-order valence-electron chi connectivity index (χ1n) is 5.23. The Labute approximate surface area is 95.1 Å². The van der Waals surface area contributed by atoms with Gasteiger partial charge in [0.05, 0.1) is 0 Å². The third-order valence-electron chi connectivity index (χ3n) is 2.32. The van der Waals surface area contributed by atoms with Crippen LogP contribution >= 0.6 is 0 Å². The number of nitrogens with zero attached hydrogens (tertiary/aromatic N) is 1. The highest BCUT2D eigenvalue weighted by Crippen LogP contribution is 2.21. The minimum atomic E-state index is -4.22. The first-order chi connectivity index (χ1) is 7.83. The molecule has 0 atom stereocenters. The molecule has 1 rings (SSSR count). The van der Waals surface area contributed by atoms with E-state index in [4.69, 9.17) is 0 Å². The smallest absolute Gasteiger partial charge is 0.300 e. The summed E-state index contributed by atoms with van der Waals surface area (Å²) in [5.41, 5.74) is -0.768. The molecule has 0 saturated carbocycles. The molecule has 0 amide bonds. The average molecular weight is 250 g/mol. The fraction of sp³-hybridized carbons (Fsp3) is 0.600. The van der Waals surface area contributed by atoms with Crippen molar-refractivity contribution in [1.82, 2.24) is 9.55 Å². The molecule has 0 bridgehead atoms. The van der Waals surface area contributed by atoms with Gasteiger partial charge in [-0.05, 0) is 12.8 Å². The second kappa shape index (κ2) is 5.20. The monoisotopic (exact) mass is 250 g/mol. The van der Waals surface area contributed by atoms with E-state index in [-0.39, 0.29) is 13.0 Å². The van der Waals surface area contributed by atoms with Crippen LogP contribution in [0.2, 0.25) is 0 Å². The third kappa shape index (κ3) is 4.08. The number of halogens is 3. The van der Waals surface area contributed by atoms with Gasteiger partial charge in [-0.25, -0.2) is 4.79 Å². The van der Waals surface area contributed by atoms with E-state index in [0.717, 1.165) is 4.57 Å². The van der Waals surface area contributed by atoms with E-state index in [0.29, 0.717) is 12.0 Å². The van der Waals surface area contributed by atoms with Crippen molar-refractivity contribution in [3.8, 4) is 0 Å². The molecule has 0 radical (unpaired) electrons. The maximum Gasteiger partial charge on any atom is 0.389 e. The zero-order valence-electron chi connectivity index (χ0n) is 9.30. The second-order valence-corrected chi connectivity index (χ2v) is 3.68. The van der Waals surface area contributed by atoms with Gasteiger partial charge in [0.2, 0.25) is 0 Å². The molecular formula is C10H13F3N2O2. The number of aryl methyl sites for hydroxylation is 2. The lowest BCUT2D eigenvalue weighted by molar-refractivity contribution is -0.135. The summed E-state index contributed by atoms with van der Waals surface area (Å²) in [6.07, 6.45) is -3.61. The van der Waals surface area contributed by atoms with Crippen molar-refractivity contribution in [2.24, 2.45) is 0 Å². The van der Waals surface area contributed by atoms with Crippen LogP contribution in [0, 0.1) is 0 Å². The van der Waals surface area contributed by atoms with Crippen LogP contribution in [-0.2, 0) is 13.0 Å². The average Bonchev–Trinajstić information content (AvgIpc) is 2.19. The molecule has 96 valence electrons. The number of hydrogen-bond donors (Lipinski definition) is 1. The van der Waals surface area contributed by atoms with Crippen molar-refractivity contribution in [2.75, 3.05) is 0 Å². The molecule has 17 heavy (non-hydrogen) atoms. The van der Waals surface area contributed by atoms with Crippen molar-refractivity contribution >= 4 is 0 Å². The van der Waals surface area contributed by atoms with Crippen LogP contribution in [0.15, 0.2) is 15.8 Å². The molecule has 0 aliphatic heterocycles. The molecular weight excluding hydrogens is 237 g/mol. The van der Waals surface area contributed by atoms with Crippen molar-refractivity contribution in [1.29, 1.82) is 0 Å². The van der Waals surface area contributed by atoms with Gasteiger partial charge in [0.1, 0.15) is 0 Å². The zero-order chi connectivity index (χ0) is 13.1. The maximum absolute atomic E-state index is 11.9. The molecule has 0 unspecified atom stereocenters. The van der Waals surface area contributed by atoms with Crippen LogP contribution in [0.3, 0.4) is 0 Å². The van der Waals surface area contributed by atoms with E-state index < -0.39 is 23.8 Å². The van der Waals surface area contributed by atoms with Gasteiger partial charge in [-0.15, -0.1) is 0 Å².